The number of amides is 2. The highest BCUT2D eigenvalue weighted by Gasteiger charge is 2.32. The van der Waals surface area contributed by atoms with E-state index in [1.54, 1.807) is 14.0 Å². The molecule has 4 atom stereocenters. The van der Waals surface area contributed by atoms with E-state index in [0.717, 1.165) is 18.6 Å². The van der Waals surface area contributed by atoms with Crippen molar-refractivity contribution in [3.8, 4) is 0 Å². The molecule has 2 amide bonds. The van der Waals surface area contributed by atoms with Gasteiger partial charge in [0.05, 0.1) is 12.7 Å². The van der Waals surface area contributed by atoms with Crippen molar-refractivity contribution in [3.05, 3.63) is 29.6 Å². The number of piperidine rings is 1. The fourth-order valence-electron chi connectivity index (χ4n) is 3.55. The van der Waals surface area contributed by atoms with Crippen LogP contribution in [0.5, 0.6) is 0 Å². The Bertz CT molecular complexity index is 704. The first-order chi connectivity index (χ1) is 12.6. The maximum absolute atomic E-state index is 13.7. The van der Waals surface area contributed by atoms with Gasteiger partial charge in [0, 0.05) is 13.1 Å². The normalized spacial score (nSPS) is 22.3. The molecule has 150 valence electrons. The monoisotopic (exact) mass is 386 g/mol. The molecule has 0 radical (unpaired) electrons. The lowest BCUT2D eigenvalue weighted by Crippen LogP contribution is -3.15. The Balaban J connectivity index is 1.95. The van der Waals surface area contributed by atoms with E-state index in [4.69, 9.17) is 0 Å². The van der Waals surface area contributed by atoms with Crippen molar-refractivity contribution < 1.29 is 27.7 Å². The second kappa shape index (κ2) is 8.73. The fraction of sp³-hybridized carbons (Fsp3) is 0.579. The van der Waals surface area contributed by atoms with E-state index in [9.17, 15) is 22.8 Å². The van der Waals surface area contributed by atoms with Crippen molar-refractivity contribution in [2.45, 2.75) is 33.2 Å². The van der Waals surface area contributed by atoms with Crippen LogP contribution in [0.25, 0.3) is 0 Å². The predicted octanol–water partition coefficient (Wildman–Crippen LogP) is 1.45. The summed E-state index contributed by atoms with van der Waals surface area (Å²) in [7, 11) is 1.69. The average Bonchev–Trinajstić information content (AvgIpc) is 2.60. The van der Waals surface area contributed by atoms with Crippen molar-refractivity contribution in [3.63, 3.8) is 0 Å². The van der Waals surface area contributed by atoms with Gasteiger partial charge in [0.1, 0.15) is 0 Å². The molecule has 0 aromatic heterocycles. The molecular formula is C19H27F3N3O2+. The van der Waals surface area contributed by atoms with Crippen LogP contribution >= 0.6 is 0 Å². The second-order valence-electron chi connectivity index (χ2n) is 7.71. The molecule has 1 fully saturated rings. The maximum atomic E-state index is 13.7. The highest BCUT2D eigenvalue weighted by atomic mass is 19.2. The number of rotatable bonds is 5. The smallest absolute Gasteiger partial charge is 0.280 e. The van der Waals surface area contributed by atoms with Crippen LogP contribution in [0.15, 0.2) is 12.1 Å². The number of likely N-dealkylation sites (tertiary alicyclic amines) is 1. The summed E-state index contributed by atoms with van der Waals surface area (Å²) in [4.78, 5) is 27.3. The molecule has 1 saturated heterocycles. The van der Waals surface area contributed by atoms with Crippen LogP contribution in [0.3, 0.4) is 0 Å². The van der Waals surface area contributed by atoms with E-state index in [1.807, 2.05) is 4.90 Å². The number of anilines is 1. The molecule has 1 aliphatic heterocycles. The quantitative estimate of drug-likeness (QED) is 0.753. The van der Waals surface area contributed by atoms with Gasteiger partial charge in [-0.15, -0.1) is 0 Å². The van der Waals surface area contributed by atoms with Gasteiger partial charge in [-0.3, -0.25) is 9.59 Å². The van der Waals surface area contributed by atoms with Crippen LogP contribution in [0.2, 0.25) is 0 Å². The summed E-state index contributed by atoms with van der Waals surface area (Å²) in [5.41, 5.74) is -0.427. The van der Waals surface area contributed by atoms with Crippen molar-refractivity contribution in [1.29, 1.82) is 0 Å². The lowest BCUT2D eigenvalue weighted by molar-refractivity contribution is -0.886. The summed E-state index contributed by atoms with van der Waals surface area (Å²) in [6, 6.07) is 1.25. The van der Waals surface area contributed by atoms with Gasteiger partial charge in [-0.05, 0) is 37.3 Å². The largest absolute Gasteiger partial charge is 0.337 e. The van der Waals surface area contributed by atoms with Gasteiger partial charge in [-0.25, -0.2) is 13.2 Å². The number of likely N-dealkylation sites (N-methyl/N-ethyl adjacent to an activating group) is 1. The minimum absolute atomic E-state index is 0.0299. The van der Waals surface area contributed by atoms with Gasteiger partial charge in [-0.1, -0.05) is 13.8 Å². The van der Waals surface area contributed by atoms with Crippen molar-refractivity contribution in [2.24, 2.45) is 11.8 Å². The molecule has 2 N–H and O–H groups in total. The molecule has 0 aliphatic carbocycles. The lowest BCUT2D eigenvalue weighted by atomic mass is 9.91. The highest BCUT2D eigenvalue weighted by Crippen LogP contribution is 2.21. The number of halogens is 3. The standard InChI is InChI=1S/C19H26F3N3O2/c1-11-7-12(2)9-25(8-11)19(27)13(3)24(4)10-16(26)23-15-6-5-14(20)17(21)18(15)22/h5-6,11-13H,7-10H2,1-4H3,(H,23,26)/p+1/t11-,12-,13-/m1/s1. The third kappa shape index (κ3) is 5.22. The van der Waals surface area contributed by atoms with Crippen LogP contribution in [0, 0.1) is 29.3 Å². The number of carbonyl (C=O) groups is 2. The Morgan fingerprint density at radius 3 is 2.37 bits per heavy atom. The van der Waals surface area contributed by atoms with Crippen LogP contribution in [-0.4, -0.2) is 49.4 Å². The summed E-state index contributed by atoms with van der Waals surface area (Å²) in [5.74, 6) is -4.14. The fourth-order valence-corrected chi connectivity index (χ4v) is 3.55. The van der Waals surface area contributed by atoms with Crippen LogP contribution < -0.4 is 10.2 Å². The predicted molar refractivity (Wildman–Crippen MR) is 95.7 cm³/mol. The zero-order chi connectivity index (χ0) is 20.3. The van der Waals surface area contributed by atoms with Crippen LogP contribution in [0.4, 0.5) is 18.9 Å². The number of hydrogen-bond acceptors (Lipinski definition) is 2. The molecule has 1 aliphatic rings. The number of quaternary nitrogens is 1. The van der Waals surface area contributed by atoms with E-state index in [-0.39, 0.29) is 12.5 Å². The number of nitrogens with one attached hydrogen (secondary N) is 2. The first-order valence-electron chi connectivity index (χ1n) is 9.14. The molecule has 1 heterocycles. The van der Waals surface area contributed by atoms with E-state index < -0.39 is 35.1 Å². The summed E-state index contributed by atoms with van der Waals surface area (Å²) in [5, 5.41) is 2.23. The molecule has 1 unspecified atom stereocenters. The Labute approximate surface area is 157 Å². The van der Waals surface area contributed by atoms with Gasteiger partial charge in [0.15, 0.2) is 30.0 Å². The van der Waals surface area contributed by atoms with Crippen LogP contribution in [-0.2, 0) is 9.59 Å². The minimum Gasteiger partial charge on any atom is -0.337 e. The molecular weight excluding hydrogens is 359 g/mol. The van der Waals surface area contributed by atoms with Gasteiger partial charge >= 0.3 is 0 Å². The highest BCUT2D eigenvalue weighted by molar-refractivity contribution is 5.91. The molecule has 0 saturated carbocycles. The number of benzene rings is 1. The Morgan fingerprint density at radius 2 is 1.78 bits per heavy atom. The summed E-state index contributed by atoms with van der Waals surface area (Å²) < 4.78 is 39.9. The molecule has 0 spiro atoms. The molecule has 1 aromatic carbocycles. The van der Waals surface area contributed by atoms with Gasteiger partial charge in [-0.2, -0.15) is 0 Å². The van der Waals surface area contributed by atoms with Crippen LogP contribution in [0.1, 0.15) is 27.2 Å². The zero-order valence-electron chi connectivity index (χ0n) is 16.1. The average molecular weight is 386 g/mol. The van der Waals surface area contributed by atoms with Gasteiger partial charge < -0.3 is 15.1 Å². The van der Waals surface area contributed by atoms with Crippen molar-refractivity contribution in [1.82, 2.24) is 4.90 Å². The lowest BCUT2D eigenvalue weighted by Gasteiger charge is -2.36. The van der Waals surface area contributed by atoms with Gasteiger partial charge in [0.2, 0.25) is 0 Å². The molecule has 0 bridgehead atoms. The number of hydrogen-bond donors (Lipinski definition) is 2. The number of carbonyl (C=O) groups excluding carboxylic acids is 2. The molecule has 2 rings (SSSR count). The zero-order valence-corrected chi connectivity index (χ0v) is 16.1. The molecule has 1 aromatic rings. The summed E-state index contributed by atoms with van der Waals surface area (Å²) in [6.07, 6.45) is 1.09. The summed E-state index contributed by atoms with van der Waals surface area (Å²) in [6.45, 7) is 7.26. The third-order valence-electron chi connectivity index (χ3n) is 5.04. The second-order valence-corrected chi connectivity index (χ2v) is 7.71. The van der Waals surface area contributed by atoms with Crippen molar-refractivity contribution >= 4 is 17.5 Å². The third-order valence-corrected chi connectivity index (χ3v) is 5.04. The topological polar surface area (TPSA) is 53.9 Å². The Kier molecular flexibility index (Phi) is 6.86. The van der Waals surface area contributed by atoms with E-state index in [0.29, 0.717) is 29.8 Å². The first-order valence-corrected chi connectivity index (χ1v) is 9.14. The van der Waals surface area contributed by atoms with Crippen molar-refractivity contribution in [2.75, 3.05) is 32.0 Å². The minimum atomic E-state index is -1.63. The number of nitrogens with zero attached hydrogens (tertiary/aromatic N) is 1. The van der Waals surface area contributed by atoms with E-state index in [1.165, 1.54) is 0 Å². The van der Waals surface area contributed by atoms with E-state index >= 15 is 0 Å². The SMILES string of the molecule is C[C@@H]1C[C@@H](C)CN(C(=O)[C@@H](C)[NH+](C)CC(=O)Nc2ccc(F)c(F)c2F)C1. The van der Waals surface area contributed by atoms with Gasteiger partial charge in [0.25, 0.3) is 11.8 Å². The Morgan fingerprint density at radius 1 is 1.19 bits per heavy atom. The maximum Gasteiger partial charge on any atom is 0.280 e. The van der Waals surface area contributed by atoms with E-state index in [2.05, 4.69) is 19.2 Å². The molecule has 27 heavy (non-hydrogen) atoms. The first kappa shape index (κ1) is 21.2. The molecule has 5 nitrogen and oxygen atoms in total. The molecule has 8 heteroatoms. The summed E-state index contributed by atoms with van der Waals surface area (Å²) >= 11 is 0. The Hall–Kier alpha value is -2.09.